The summed E-state index contributed by atoms with van der Waals surface area (Å²) in [5.74, 6) is 0. The second kappa shape index (κ2) is 5.15. The Morgan fingerprint density at radius 3 is 2.44 bits per heavy atom. The number of hydrogen-bond acceptors (Lipinski definition) is 3. The molecule has 3 aromatic carbocycles. The molecule has 0 fully saturated rings. The van der Waals surface area contributed by atoms with E-state index in [9.17, 15) is 0 Å². The van der Waals surface area contributed by atoms with Crippen LogP contribution in [0.2, 0.25) is 0 Å². The third kappa shape index (κ3) is 2.13. The highest BCUT2D eigenvalue weighted by molar-refractivity contribution is 6.21. The van der Waals surface area contributed by atoms with E-state index in [-0.39, 0.29) is 0 Å². The average Bonchev–Trinajstić information content (AvgIpc) is 3.00. The fourth-order valence-electron chi connectivity index (χ4n) is 3.70. The van der Waals surface area contributed by atoms with Gasteiger partial charge >= 0.3 is 0 Å². The molecule has 0 saturated carbocycles. The summed E-state index contributed by atoms with van der Waals surface area (Å²) >= 11 is 0. The van der Waals surface area contributed by atoms with Crippen LogP contribution in [-0.4, -0.2) is 9.97 Å². The Balaban J connectivity index is 1.99. The smallest absolute Gasteiger partial charge is 0.231 e. The van der Waals surface area contributed by atoms with Crippen molar-refractivity contribution in [2.75, 3.05) is 0 Å². The lowest BCUT2D eigenvalue weighted by Gasteiger charge is -2.06. The Morgan fingerprint density at radius 1 is 0.800 bits per heavy atom. The van der Waals surface area contributed by atoms with Crippen molar-refractivity contribution in [3.8, 4) is 11.3 Å². The third-order valence-electron chi connectivity index (χ3n) is 4.66. The molecule has 0 bridgehead atoms. The molecule has 5 rings (SSSR count). The van der Waals surface area contributed by atoms with Gasteiger partial charge < -0.3 is 4.42 Å². The van der Waals surface area contributed by atoms with E-state index in [2.05, 4.69) is 72.3 Å². The summed E-state index contributed by atoms with van der Waals surface area (Å²) in [7, 11) is 0. The van der Waals surface area contributed by atoms with Crippen molar-refractivity contribution in [3.63, 3.8) is 0 Å². The van der Waals surface area contributed by atoms with Crippen LogP contribution >= 0.6 is 0 Å². The molecule has 5 aromatic rings. The van der Waals surface area contributed by atoms with E-state index in [1.807, 2.05) is 6.07 Å². The summed E-state index contributed by atoms with van der Waals surface area (Å²) in [4.78, 5) is 9.00. The molecule has 2 aromatic heterocycles. The molecule has 0 amide bonds. The number of benzene rings is 3. The minimum atomic E-state index is 0.635. The van der Waals surface area contributed by atoms with E-state index in [0.29, 0.717) is 5.71 Å². The molecule has 0 spiro atoms. The summed E-state index contributed by atoms with van der Waals surface area (Å²) in [5, 5.41) is 4.43. The summed E-state index contributed by atoms with van der Waals surface area (Å²) in [6, 6.07) is 19.0. The topological polar surface area (TPSA) is 38.9 Å². The normalized spacial score (nSPS) is 11.6. The Morgan fingerprint density at radius 2 is 1.60 bits per heavy atom. The Hall–Kier alpha value is -3.20. The van der Waals surface area contributed by atoms with Crippen molar-refractivity contribution in [2.24, 2.45) is 0 Å². The molecule has 25 heavy (non-hydrogen) atoms. The van der Waals surface area contributed by atoms with Crippen molar-refractivity contribution in [1.29, 1.82) is 0 Å². The molecular formula is C22H16N2O. The number of rotatable bonds is 1. The standard InChI is InChI=1S/C22H16N2O/c1-13-9-14(2)11-16(10-13)21-20-19-17-6-4-3-5-15(17)7-8-18(19)25-22(20)24-12-23-21/h3-12H,1-2H3. The van der Waals surface area contributed by atoms with E-state index in [1.165, 1.54) is 21.9 Å². The maximum atomic E-state index is 6.03. The minimum Gasteiger partial charge on any atom is -0.438 e. The van der Waals surface area contributed by atoms with E-state index in [0.717, 1.165) is 27.6 Å². The second-order valence-electron chi connectivity index (χ2n) is 6.54. The first-order valence-corrected chi connectivity index (χ1v) is 8.34. The van der Waals surface area contributed by atoms with Gasteiger partial charge in [-0.1, -0.05) is 47.5 Å². The fraction of sp³-hybridized carbons (Fsp3) is 0.0909. The zero-order valence-corrected chi connectivity index (χ0v) is 14.1. The van der Waals surface area contributed by atoms with Gasteiger partial charge in [0.25, 0.3) is 0 Å². The predicted molar refractivity (Wildman–Crippen MR) is 102 cm³/mol. The van der Waals surface area contributed by atoms with E-state index < -0.39 is 0 Å². The maximum Gasteiger partial charge on any atom is 0.231 e. The van der Waals surface area contributed by atoms with Crippen LogP contribution in [0.1, 0.15) is 11.1 Å². The highest BCUT2D eigenvalue weighted by Crippen LogP contribution is 2.38. The monoisotopic (exact) mass is 324 g/mol. The predicted octanol–water partition coefficient (Wildman–Crippen LogP) is 5.81. The lowest BCUT2D eigenvalue weighted by molar-refractivity contribution is 0.653. The zero-order valence-electron chi connectivity index (χ0n) is 14.1. The molecule has 0 saturated heterocycles. The molecule has 120 valence electrons. The van der Waals surface area contributed by atoms with Crippen molar-refractivity contribution in [1.82, 2.24) is 9.97 Å². The van der Waals surface area contributed by atoms with Crippen LogP contribution in [0, 0.1) is 13.8 Å². The Kier molecular flexibility index (Phi) is 2.92. The fourth-order valence-corrected chi connectivity index (χ4v) is 3.70. The molecule has 0 aliphatic heterocycles. The summed E-state index contributed by atoms with van der Waals surface area (Å²) < 4.78 is 6.03. The summed E-state index contributed by atoms with van der Waals surface area (Å²) in [6.07, 6.45) is 1.58. The van der Waals surface area contributed by atoms with Crippen LogP contribution in [0.4, 0.5) is 0 Å². The maximum absolute atomic E-state index is 6.03. The van der Waals surface area contributed by atoms with Gasteiger partial charge in [-0.15, -0.1) is 0 Å². The van der Waals surface area contributed by atoms with Gasteiger partial charge in [-0.3, -0.25) is 0 Å². The molecule has 0 unspecified atom stereocenters. The molecule has 0 aliphatic carbocycles. The Labute approximate surface area is 144 Å². The molecule has 0 radical (unpaired) electrons. The number of aryl methyl sites for hydroxylation is 2. The van der Waals surface area contributed by atoms with Gasteiger partial charge in [0, 0.05) is 10.9 Å². The van der Waals surface area contributed by atoms with Gasteiger partial charge in [-0.05, 0) is 42.8 Å². The van der Waals surface area contributed by atoms with E-state index in [4.69, 9.17) is 4.42 Å². The van der Waals surface area contributed by atoms with Crippen molar-refractivity contribution in [3.05, 3.63) is 72.1 Å². The van der Waals surface area contributed by atoms with E-state index in [1.54, 1.807) is 6.33 Å². The summed E-state index contributed by atoms with van der Waals surface area (Å²) in [5.41, 5.74) is 5.95. The van der Waals surface area contributed by atoms with Crippen LogP contribution in [0.5, 0.6) is 0 Å². The molecule has 0 atom stereocenters. The van der Waals surface area contributed by atoms with Crippen LogP contribution in [0.3, 0.4) is 0 Å². The van der Waals surface area contributed by atoms with Crippen molar-refractivity contribution in [2.45, 2.75) is 13.8 Å². The number of hydrogen-bond donors (Lipinski definition) is 0. The van der Waals surface area contributed by atoms with Gasteiger partial charge in [0.1, 0.15) is 11.9 Å². The quantitative estimate of drug-likeness (QED) is 0.390. The third-order valence-corrected chi connectivity index (χ3v) is 4.66. The number of fused-ring (bicyclic) bond motifs is 5. The molecule has 3 nitrogen and oxygen atoms in total. The van der Waals surface area contributed by atoms with Crippen molar-refractivity contribution >= 4 is 32.8 Å². The molecule has 2 heterocycles. The van der Waals surface area contributed by atoms with Crippen molar-refractivity contribution < 1.29 is 4.42 Å². The molecule has 0 aliphatic rings. The molecular weight excluding hydrogens is 308 g/mol. The van der Waals surface area contributed by atoms with Gasteiger partial charge in [0.2, 0.25) is 5.71 Å². The van der Waals surface area contributed by atoms with Gasteiger partial charge in [0.05, 0.1) is 11.1 Å². The van der Waals surface area contributed by atoms with Crippen LogP contribution in [-0.2, 0) is 0 Å². The summed E-state index contributed by atoms with van der Waals surface area (Å²) in [6.45, 7) is 4.22. The Bertz CT molecular complexity index is 1250. The molecule has 0 N–H and O–H groups in total. The van der Waals surface area contributed by atoms with Gasteiger partial charge in [0.15, 0.2) is 0 Å². The first-order chi connectivity index (χ1) is 12.2. The second-order valence-corrected chi connectivity index (χ2v) is 6.54. The van der Waals surface area contributed by atoms with Crippen LogP contribution in [0.25, 0.3) is 44.1 Å². The molecule has 3 heteroatoms. The first-order valence-electron chi connectivity index (χ1n) is 8.34. The lowest BCUT2D eigenvalue weighted by atomic mass is 9.99. The number of aromatic nitrogens is 2. The SMILES string of the molecule is Cc1cc(C)cc(-c2ncnc3oc4ccc5ccccc5c4c23)c1. The van der Waals surface area contributed by atoms with E-state index >= 15 is 0 Å². The minimum absolute atomic E-state index is 0.635. The first kappa shape index (κ1) is 14.2. The average molecular weight is 324 g/mol. The lowest BCUT2D eigenvalue weighted by Crippen LogP contribution is -1.89. The largest absolute Gasteiger partial charge is 0.438 e. The number of nitrogens with zero attached hydrogens (tertiary/aromatic N) is 2. The van der Waals surface area contributed by atoms with Crippen LogP contribution < -0.4 is 0 Å². The van der Waals surface area contributed by atoms with Gasteiger partial charge in [-0.2, -0.15) is 0 Å². The number of furan rings is 1. The highest BCUT2D eigenvalue weighted by atomic mass is 16.3. The highest BCUT2D eigenvalue weighted by Gasteiger charge is 2.17. The van der Waals surface area contributed by atoms with Crippen LogP contribution in [0.15, 0.2) is 65.3 Å². The zero-order chi connectivity index (χ0) is 17.0. The van der Waals surface area contributed by atoms with Gasteiger partial charge in [-0.25, -0.2) is 9.97 Å².